The lowest BCUT2D eigenvalue weighted by atomic mass is 9.77. The van der Waals surface area contributed by atoms with E-state index in [1.165, 1.54) is 11.9 Å². The summed E-state index contributed by atoms with van der Waals surface area (Å²) in [5, 5.41) is 26.8. The Kier molecular flexibility index (Phi) is 5.85. The third-order valence-corrected chi connectivity index (χ3v) is 10.3. The number of thioether (sulfide) groups is 1. The van der Waals surface area contributed by atoms with Crippen LogP contribution >= 0.6 is 35.3 Å². The van der Waals surface area contributed by atoms with Crippen molar-refractivity contribution in [2.45, 2.75) is 55.9 Å². The molecule has 2 aliphatic heterocycles. The third kappa shape index (κ3) is 4.11. The van der Waals surface area contributed by atoms with E-state index in [2.05, 4.69) is 22.7 Å². The molecule has 0 radical (unpaired) electrons. The number of nitriles is 1. The van der Waals surface area contributed by atoms with Gasteiger partial charge in [0.05, 0.1) is 29.2 Å². The molecule has 0 amide bonds. The number of hydrogen-bond donors (Lipinski definition) is 3. The largest absolute Gasteiger partial charge is 0.380 e. The predicted octanol–water partition coefficient (Wildman–Crippen LogP) is 5.23. The lowest BCUT2D eigenvalue weighted by molar-refractivity contribution is -0.124. The summed E-state index contributed by atoms with van der Waals surface area (Å²) in [5.41, 5.74) is 0.253. The molecule has 36 heavy (non-hydrogen) atoms. The van der Waals surface area contributed by atoms with Gasteiger partial charge >= 0.3 is 0 Å². The summed E-state index contributed by atoms with van der Waals surface area (Å²) in [6.07, 6.45) is 6.83. The van der Waals surface area contributed by atoms with E-state index in [0.717, 1.165) is 50.7 Å². The van der Waals surface area contributed by atoms with Gasteiger partial charge in [0.25, 0.3) is 0 Å². The normalized spacial score (nSPS) is 22.8. The van der Waals surface area contributed by atoms with E-state index in [4.69, 9.17) is 27.2 Å². The lowest BCUT2D eigenvalue weighted by Gasteiger charge is -2.48. The second-order valence-electron chi connectivity index (χ2n) is 10.8. The fourth-order valence-electron chi connectivity index (χ4n) is 4.77. The fourth-order valence-corrected chi connectivity index (χ4v) is 6.82. The van der Waals surface area contributed by atoms with Crippen LogP contribution < -0.4 is 9.62 Å². The van der Waals surface area contributed by atoms with E-state index < -0.39 is 5.41 Å². The number of pyridine rings is 1. The van der Waals surface area contributed by atoms with Crippen molar-refractivity contribution >= 4 is 56.6 Å². The highest BCUT2D eigenvalue weighted by atomic mass is 35.5. The Hall–Kier alpha value is -1.84. The fraction of sp³-hybridized carbons (Fsp3) is 0.583. The molecule has 2 saturated carbocycles. The van der Waals surface area contributed by atoms with Gasteiger partial charge in [-0.3, -0.25) is 19.9 Å². The van der Waals surface area contributed by atoms with Gasteiger partial charge in [0, 0.05) is 30.2 Å². The van der Waals surface area contributed by atoms with Crippen LogP contribution in [0.2, 0.25) is 5.15 Å². The zero-order chi connectivity index (χ0) is 25.3. The summed E-state index contributed by atoms with van der Waals surface area (Å²) in [4.78, 5) is 6.90. The minimum absolute atomic E-state index is 0.00309. The van der Waals surface area contributed by atoms with Crippen LogP contribution in [0.3, 0.4) is 0 Å². The number of rotatable bonds is 6. The van der Waals surface area contributed by atoms with E-state index in [9.17, 15) is 5.26 Å². The minimum Gasteiger partial charge on any atom is -0.380 e. The molecular formula is C24H27ClFN7OS2. The molecule has 2 aliphatic carbocycles. The van der Waals surface area contributed by atoms with Crippen molar-refractivity contribution < 1.29 is 9.13 Å². The number of ether oxygens (including phenoxy) is 1. The maximum absolute atomic E-state index is 16.1. The molecule has 2 aromatic rings. The highest BCUT2D eigenvalue weighted by Crippen LogP contribution is 2.49. The van der Waals surface area contributed by atoms with Gasteiger partial charge in [0.1, 0.15) is 21.7 Å². The Morgan fingerprint density at radius 3 is 2.47 bits per heavy atom. The average Bonchev–Trinajstić information content (AvgIpc) is 3.76. The maximum atomic E-state index is 16.1. The van der Waals surface area contributed by atoms with Crippen LogP contribution in [0, 0.1) is 38.8 Å². The number of piperidine rings is 1. The molecule has 8 nitrogen and oxygen atoms in total. The zero-order valence-corrected chi connectivity index (χ0v) is 22.3. The predicted molar refractivity (Wildman–Crippen MR) is 141 cm³/mol. The Bertz CT molecular complexity index is 1320. The molecule has 0 unspecified atom stereocenters. The van der Waals surface area contributed by atoms with Crippen molar-refractivity contribution in [3.05, 3.63) is 23.0 Å². The van der Waals surface area contributed by atoms with Gasteiger partial charge in [-0.25, -0.2) is 9.37 Å². The van der Waals surface area contributed by atoms with Gasteiger partial charge in [-0.1, -0.05) is 23.4 Å². The van der Waals surface area contributed by atoms with Crippen molar-refractivity contribution in [2.24, 2.45) is 10.8 Å². The topological polar surface area (TPSA) is 113 Å². The Morgan fingerprint density at radius 1 is 1.22 bits per heavy atom. The van der Waals surface area contributed by atoms with Crippen molar-refractivity contribution in [1.82, 2.24) is 14.1 Å². The van der Waals surface area contributed by atoms with Crippen LogP contribution in [-0.4, -0.2) is 51.3 Å². The minimum atomic E-state index is -0.787. The summed E-state index contributed by atoms with van der Waals surface area (Å²) in [5.74, 6) is -0.0909. The monoisotopic (exact) mass is 547 g/mol. The number of halogens is 2. The quantitative estimate of drug-likeness (QED) is 0.258. The smallest absolute Gasteiger partial charge is 0.171 e. The Labute approximate surface area is 222 Å². The van der Waals surface area contributed by atoms with Gasteiger partial charge in [-0.05, 0) is 57.4 Å². The third-order valence-electron chi connectivity index (χ3n) is 7.93. The molecular weight excluding hydrogens is 521 g/mol. The number of nitrogens with zero attached hydrogens (tertiary/aromatic N) is 4. The molecule has 2 saturated heterocycles. The van der Waals surface area contributed by atoms with E-state index in [0.29, 0.717) is 42.0 Å². The zero-order valence-electron chi connectivity index (χ0n) is 19.9. The summed E-state index contributed by atoms with van der Waals surface area (Å²) in [7, 11) is 0. The van der Waals surface area contributed by atoms with Crippen molar-refractivity contribution in [1.29, 1.82) is 16.1 Å². The summed E-state index contributed by atoms with van der Waals surface area (Å²) >= 11 is 8.79. The number of nitrogens with one attached hydrogen (secondary N) is 3. The number of hydrogen-bond acceptors (Lipinski definition) is 9. The van der Waals surface area contributed by atoms with Gasteiger partial charge in [0.15, 0.2) is 16.8 Å². The first-order valence-electron chi connectivity index (χ1n) is 12.1. The first-order chi connectivity index (χ1) is 17.2. The van der Waals surface area contributed by atoms with Crippen LogP contribution in [0.5, 0.6) is 0 Å². The highest BCUT2D eigenvalue weighted by Gasteiger charge is 2.48. The number of imidazole rings is 1. The Morgan fingerprint density at radius 2 is 1.92 bits per heavy atom. The van der Waals surface area contributed by atoms with Crippen LogP contribution in [-0.2, 0) is 4.74 Å². The van der Waals surface area contributed by atoms with Crippen LogP contribution in [0.25, 0.3) is 5.52 Å². The number of anilines is 1. The molecule has 12 heteroatoms. The van der Waals surface area contributed by atoms with Crippen LogP contribution in [0.15, 0.2) is 11.1 Å². The SMILES string of the molecule is CC1(NSc2cn3c(C(=N)SC(=N)C4(C#N)CC4)nc(Cl)c3c(N3CCC4(CC3)COC4)c2F)CC1. The summed E-state index contributed by atoms with van der Waals surface area (Å²) < 4.78 is 26.7. The molecule has 6 rings (SSSR count). The van der Waals surface area contributed by atoms with Gasteiger partial charge in [-0.15, -0.1) is 0 Å². The molecule has 3 N–H and O–H groups in total. The molecule has 4 aliphatic rings. The van der Waals surface area contributed by atoms with Gasteiger partial charge in [-0.2, -0.15) is 5.26 Å². The van der Waals surface area contributed by atoms with Crippen molar-refractivity contribution in [3.8, 4) is 6.07 Å². The summed E-state index contributed by atoms with van der Waals surface area (Å²) in [6.45, 7) is 5.02. The first-order valence-corrected chi connectivity index (χ1v) is 14.1. The molecule has 4 heterocycles. The molecule has 0 aromatic carbocycles. The molecule has 4 fully saturated rings. The maximum Gasteiger partial charge on any atom is 0.171 e. The van der Waals surface area contributed by atoms with E-state index >= 15 is 4.39 Å². The average molecular weight is 548 g/mol. The molecule has 0 atom stereocenters. The highest BCUT2D eigenvalue weighted by molar-refractivity contribution is 8.26. The van der Waals surface area contributed by atoms with Gasteiger partial charge < -0.3 is 9.64 Å². The molecule has 2 aromatic heterocycles. The second-order valence-corrected chi connectivity index (χ2v) is 13.0. The van der Waals surface area contributed by atoms with E-state index in [1.54, 1.807) is 10.6 Å². The van der Waals surface area contributed by atoms with Gasteiger partial charge in [0.2, 0.25) is 0 Å². The summed E-state index contributed by atoms with van der Waals surface area (Å²) in [6, 6.07) is 2.20. The van der Waals surface area contributed by atoms with Crippen LogP contribution in [0.4, 0.5) is 10.1 Å². The molecule has 190 valence electrons. The first kappa shape index (κ1) is 24.5. The molecule has 0 bridgehead atoms. The Balaban J connectivity index is 1.38. The number of fused-ring (bicyclic) bond motifs is 1. The van der Waals surface area contributed by atoms with E-state index in [-0.39, 0.29) is 37.8 Å². The van der Waals surface area contributed by atoms with Crippen molar-refractivity contribution in [3.63, 3.8) is 0 Å². The number of aromatic nitrogens is 2. The van der Waals surface area contributed by atoms with Crippen molar-refractivity contribution in [2.75, 3.05) is 31.2 Å². The van der Waals surface area contributed by atoms with Crippen LogP contribution in [0.1, 0.15) is 51.3 Å². The standard InChI is InChI=1S/C24H27ClFN7OS2/c1-22(2-3-22)31-36-14-10-33-17(16(15(14)26)32-8-6-23(7-9-32)12-34-13-23)18(25)30-20(33)19(28)35-21(29)24(11-27)4-5-24/h10,28-29,31H,2-9,12-13H2,1H3. The molecule has 1 spiro atoms. The lowest BCUT2D eigenvalue weighted by Crippen LogP contribution is -2.51. The second kappa shape index (κ2) is 8.60. The van der Waals surface area contributed by atoms with E-state index in [1.807, 2.05) is 4.90 Å².